The highest BCUT2D eigenvalue weighted by atomic mass is 35.5. The Bertz CT molecular complexity index is 804. The Morgan fingerprint density at radius 1 is 1.38 bits per heavy atom. The second kappa shape index (κ2) is 7.50. The van der Waals surface area contributed by atoms with Crippen molar-refractivity contribution in [3.63, 3.8) is 0 Å². The summed E-state index contributed by atoms with van der Waals surface area (Å²) >= 11 is 7.16. The Morgan fingerprint density at radius 3 is 2.88 bits per heavy atom. The molecule has 0 unspecified atom stereocenters. The van der Waals surface area contributed by atoms with Crippen LogP contribution in [0.4, 0.5) is 0 Å². The van der Waals surface area contributed by atoms with Gasteiger partial charge in [0, 0.05) is 5.02 Å². The van der Waals surface area contributed by atoms with E-state index >= 15 is 0 Å². The van der Waals surface area contributed by atoms with Crippen molar-refractivity contribution < 1.29 is 9.21 Å². The standard InChI is InChI=1S/C15H14ClN5O2S/c1-10(14(22)17-9-13-3-2-8-23-13)24-15-18-19-20-21(15)12-6-4-11(16)5-7-12/h2-8,10H,9H2,1H3,(H,17,22)/t10-/m1/s1. The maximum Gasteiger partial charge on any atom is 0.233 e. The third-order valence-corrected chi connectivity index (χ3v) is 4.47. The van der Waals surface area contributed by atoms with Crippen LogP contribution in [0.5, 0.6) is 0 Å². The van der Waals surface area contributed by atoms with Crippen LogP contribution in [0, 0.1) is 0 Å². The number of furan rings is 1. The number of tetrazole rings is 1. The Morgan fingerprint density at radius 2 is 2.17 bits per heavy atom. The van der Waals surface area contributed by atoms with Crippen LogP contribution in [0.25, 0.3) is 5.69 Å². The summed E-state index contributed by atoms with van der Waals surface area (Å²) in [6, 6.07) is 10.7. The fourth-order valence-corrected chi connectivity index (χ4v) is 2.90. The van der Waals surface area contributed by atoms with Gasteiger partial charge in [-0.2, -0.15) is 4.68 Å². The van der Waals surface area contributed by atoms with Crippen molar-refractivity contribution in [3.05, 3.63) is 53.4 Å². The molecule has 0 spiro atoms. The van der Waals surface area contributed by atoms with E-state index < -0.39 is 0 Å². The monoisotopic (exact) mass is 363 g/mol. The molecule has 2 aromatic heterocycles. The van der Waals surface area contributed by atoms with Crippen molar-refractivity contribution in [2.75, 3.05) is 0 Å². The molecule has 0 saturated heterocycles. The van der Waals surface area contributed by atoms with Crippen molar-refractivity contribution in [1.82, 2.24) is 25.5 Å². The van der Waals surface area contributed by atoms with E-state index in [0.717, 1.165) is 5.69 Å². The molecule has 124 valence electrons. The number of hydrogen-bond acceptors (Lipinski definition) is 6. The molecule has 0 radical (unpaired) electrons. The lowest BCUT2D eigenvalue weighted by atomic mass is 10.3. The summed E-state index contributed by atoms with van der Waals surface area (Å²) in [7, 11) is 0. The van der Waals surface area contributed by atoms with E-state index in [1.807, 2.05) is 12.1 Å². The minimum Gasteiger partial charge on any atom is -0.467 e. The van der Waals surface area contributed by atoms with E-state index in [0.29, 0.717) is 22.5 Å². The van der Waals surface area contributed by atoms with Gasteiger partial charge in [0.25, 0.3) is 0 Å². The van der Waals surface area contributed by atoms with Gasteiger partial charge in [0.05, 0.1) is 23.7 Å². The number of hydrogen-bond donors (Lipinski definition) is 1. The first-order chi connectivity index (χ1) is 11.6. The highest BCUT2D eigenvalue weighted by molar-refractivity contribution is 8.00. The van der Waals surface area contributed by atoms with Gasteiger partial charge in [-0.05, 0) is 53.7 Å². The number of aromatic nitrogens is 4. The first-order valence-electron chi connectivity index (χ1n) is 7.14. The van der Waals surface area contributed by atoms with Gasteiger partial charge in [-0.1, -0.05) is 23.4 Å². The van der Waals surface area contributed by atoms with Gasteiger partial charge < -0.3 is 9.73 Å². The lowest BCUT2D eigenvalue weighted by Crippen LogP contribution is -2.30. The number of benzene rings is 1. The molecule has 1 N–H and O–H groups in total. The van der Waals surface area contributed by atoms with E-state index in [4.69, 9.17) is 16.0 Å². The average molecular weight is 364 g/mol. The zero-order valence-electron chi connectivity index (χ0n) is 12.7. The van der Waals surface area contributed by atoms with Gasteiger partial charge in [0.1, 0.15) is 5.76 Å². The molecule has 1 atom stereocenters. The average Bonchev–Trinajstić information content (AvgIpc) is 3.25. The minimum atomic E-state index is -0.364. The number of nitrogens with one attached hydrogen (secondary N) is 1. The Kier molecular flexibility index (Phi) is 5.17. The van der Waals surface area contributed by atoms with Gasteiger partial charge in [-0.25, -0.2) is 0 Å². The molecule has 2 heterocycles. The van der Waals surface area contributed by atoms with E-state index in [2.05, 4.69) is 20.8 Å². The van der Waals surface area contributed by atoms with Crippen LogP contribution in [-0.4, -0.2) is 31.4 Å². The van der Waals surface area contributed by atoms with Gasteiger partial charge in [0.15, 0.2) is 0 Å². The van der Waals surface area contributed by atoms with E-state index in [1.54, 1.807) is 42.1 Å². The van der Waals surface area contributed by atoms with Crippen molar-refractivity contribution in [1.29, 1.82) is 0 Å². The normalized spacial score (nSPS) is 12.1. The van der Waals surface area contributed by atoms with E-state index in [1.165, 1.54) is 11.8 Å². The molecular formula is C15H14ClN5O2S. The largest absolute Gasteiger partial charge is 0.467 e. The summed E-state index contributed by atoms with van der Waals surface area (Å²) in [5.74, 6) is 0.577. The molecule has 0 fully saturated rings. The van der Waals surface area contributed by atoms with E-state index in [9.17, 15) is 4.79 Å². The van der Waals surface area contributed by atoms with Crippen LogP contribution < -0.4 is 5.32 Å². The number of carbonyl (C=O) groups excluding carboxylic acids is 1. The van der Waals surface area contributed by atoms with Crippen molar-refractivity contribution >= 4 is 29.3 Å². The molecule has 0 aliphatic rings. The molecule has 0 aliphatic carbocycles. The summed E-state index contributed by atoms with van der Waals surface area (Å²) in [6.07, 6.45) is 1.57. The topological polar surface area (TPSA) is 85.8 Å². The highest BCUT2D eigenvalue weighted by Crippen LogP contribution is 2.23. The molecule has 9 heteroatoms. The third-order valence-electron chi connectivity index (χ3n) is 3.18. The maximum atomic E-state index is 12.2. The minimum absolute atomic E-state index is 0.123. The summed E-state index contributed by atoms with van der Waals surface area (Å²) in [6.45, 7) is 2.14. The maximum absolute atomic E-state index is 12.2. The summed E-state index contributed by atoms with van der Waals surface area (Å²) in [5.41, 5.74) is 0.773. The van der Waals surface area contributed by atoms with Crippen LogP contribution in [0.2, 0.25) is 5.02 Å². The number of carbonyl (C=O) groups is 1. The molecule has 1 amide bonds. The molecule has 3 rings (SSSR count). The first-order valence-corrected chi connectivity index (χ1v) is 8.40. The van der Waals surface area contributed by atoms with E-state index in [-0.39, 0.29) is 11.2 Å². The number of amides is 1. The summed E-state index contributed by atoms with van der Waals surface area (Å²) in [4.78, 5) is 12.2. The summed E-state index contributed by atoms with van der Waals surface area (Å²) < 4.78 is 6.75. The van der Waals surface area contributed by atoms with Crippen LogP contribution >= 0.6 is 23.4 Å². The van der Waals surface area contributed by atoms with Gasteiger partial charge >= 0.3 is 0 Å². The van der Waals surface area contributed by atoms with Crippen molar-refractivity contribution in [2.45, 2.75) is 23.9 Å². The lowest BCUT2D eigenvalue weighted by Gasteiger charge is -2.11. The van der Waals surface area contributed by atoms with Crippen molar-refractivity contribution in [2.24, 2.45) is 0 Å². The zero-order valence-corrected chi connectivity index (χ0v) is 14.3. The molecule has 1 aromatic carbocycles. The zero-order chi connectivity index (χ0) is 16.9. The second-order valence-corrected chi connectivity index (χ2v) is 6.65. The first kappa shape index (κ1) is 16.5. The SMILES string of the molecule is C[C@@H](Sc1nnnn1-c1ccc(Cl)cc1)C(=O)NCc1ccco1. The predicted octanol–water partition coefficient (Wildman–Crippen LogP) is 2.71. The van der Waals surface area contributed by atoms with Crippen LogP contribution in [0.15, 0.2) is 52.2 Å². The molecule has 24 heavy (non-hydrogen) atoms. The van der Waals surface area contributed by atoms with Gasteiger partial charge in [-0.3, -0.25) is 4.79 Å². The van der Waals surface area contributed by atoms with Crippen LogP contribution in [0.3, 0.4) is 0 Å². The Labute approximate surface area is 147 Å². The van der Waals surface area contributed by atoms with Gasteiger partial charge in [0.2, 0.25) is 11.1 Å². The molecule has 0 bridgehead atoms. The van der Waals surface area contributed by atoms with Crippen LogP contribution in [0.1, 0.15) is 12.7 Å². The third kappa shape index (κ3) is 3.95. The van der Waals surface area contributed by atoms with Gasteiger partial charge in [-0.15, -0.1) is 5.10 Å². The molecule has 7 nitrogen and oxygen atoms in total. The van der Waals surface area contributed by atoms with Crippen molar-refractivity contribution in [3.8, 4) is 5.69 Å². The summed E-state index contributed by atoms with van der Waals surface area (Å²) in [5, 5.41) is 15.2. The lowest BCUT2D eigenvalue weighted by molar-refractivity contribution is -0.120. The quantitative estimate of drug-likeness (QED) is 0.678. The molecular weight excluding hydrogens is 350 g/mol. The number of halogens is 1. The number of nitrogens with zero attached hydrogens (tertiary/aromatic N) is 4. The fourth-order valence-electron chi connectivity index (χ4n) is 1.94. The number of rotatable bonds is 6. The fraction of sp³-hybridized carbons (Fsp3) is 0.200. The molecule has 0 saturated carbocycles. The highest BCUT2D eigenvalue weighted by Gasteiger charge is 2.19. The molecule has 0 aliphatic heterocycles. The molecule has 3 aromatic rings. The number of thioether (sulfide) groups is 1. The smallest absolute Gasteiger partial charge is 0.233 e. The van der Waals surface area contributed by atoms with Crippen LogP contribution in [-0.2, 0) is 11.3 Å². The second-order valence-electron chi connectivity index (χ2n) is 4.91. The predicted molar refractivity (Wildman–Crippen MR) is 90.0 cm³/mol. The Hall–Kier alpha value is -2.32. The Balaban J connectivity index is 1.64.